The molecule has 0 aromatic rings. The summed E-state index contributed by atoms with van der Waals surface area (Å²) in [7, 11) is 0. The van der Waals surface area contributed by atoms with Gasteiger partial charge >= 0.3 is 0 Å². The number of fused-ring (bicyclic) bond motifs is 5. The van der Waals surface area contributed by atoms with Gasteiger partial charge in [-0.1, -0.05) is 38.0 Å². The maximum absolute atomic E-state index is 12.0. The molecule has 0 aromatic carbocycles. The Labute approximate surface area is 154 Å². The average Bonchev–Trinajstić information content (AvgIpc) is 2.93. The summed E-state index contributed by atoms with van der Waals surface area (Å²) in [6.45, 7) is 9.79. The summed E-state index contributed by atoms with van der Waals surface area (Å²) in [5, 5.41) is 0. The van der Waals surface area contributed by atoms with Crippen LogP contribution in [0.3, 0.4) is 0 Å². The van der Waals surface area contributed by atoms with Gasteiger partial charge in [0.05, 0.1) is 0 Å². The van der Waals surface area contributed by atoms with Crippen molar-refractivity contribution >= 4 is 5.78 Å². The zero-order chi connectivity index (χ0) is 17.8. The number of allylic oxidation sites excluding steroid dienone is 3. The van der Waals surface area contributed by atoms with Crippen LogP contribution in [-0.2, 0) is 4.79 Å². The van der Waals surface area contributed by atoms with E-state index in [0.29, 0.717) is 16.6 Å². The Morgan fingerprint density at radius 2 is 1.92 bits per heavy atom. The van der Waals surface area contributed by atoms with E-state index in [4.69, 9.17) is 0 Å². The van der Waals surface area contributed by atoms with Gasteiger partial charge in [-0.25, -0.2) is 0 Å². The highest BCUT2D eigenvalue weighted by Crippen LogP contribution is 2.67. The molecule has 3 unspecified atom stereocenters. The van der Waals surface area contributed by atoms with Crippen molar-refractivity contribution in [3.8, 4) is 0 Å². The predicted octanol–water partition coefficient (Wildman–Crippen LogP) is 6.49. The molecule has 6 atom stereocenters. The molecule has 0 bridgehead atoms. The van der Waals surface area contributed by atoms with Crippen LogP contribution >= 0.6 is 0 Å². The molecule has 3 saturated carbocycles. The lowest BCUT2D eigenvalue weighted by atomic mass is 9.46. The van der Waals surface area contributed by atoms with E-state index in [2.05, 4.69) is 33.8 Å². The third-order valence-electron chi connectivity index (χ3n) is 9.04. The molecule has 0 spiro atoms. The molecule has 0 heterocycles. The summed E-state index contributed by atoms with van der Waals surface area (Å²) in [5.74, 6) is 3.83. The molecular formula is C24H36O. The average molecular weight is 341 g/mol. The molecule has 1 nitrogen and oxygen atoms in total. The van der Waals surface area contributed by atoms with Crippen LogP contribution in [-0.4, -0.2) is 5.78 Å². The summed E-state index contributed by atoms with van der Waals surface area (Å²) in [4.78, 5) is 12.0. The lowest BCUT2D eigenvalue weighted by Gasteiger charge is -2.58. The molecule has 0 aromatic heterocycles. The van der Waals surface area contributed by atoms with E-state index >= 15 is 0 Å². The minimum absolute atomic E-state index is 0.324. The van der Waals surface area contributed by atoms with Gasteiger partial charge in [0.2, 0.25) is 0 Å². The van der Waals surface area contributed by atoms with E-state index in [1.807, 2.05) is 6.08 Å². The maximum Gasteiger partial charge on any atom is 0.155 e. The fraction of sp³-hybridized carbons (Fsp3) is 0.792. The van der Waals surface area contributed by atoms with Crippen molar-refractivity contribution in [1.82, 2.24) is 0 Å². The summed E-state index contributed by atoms with van der Waals surface area (Å²) in [6.07, 6.45) is 15.7. The maximum atomic E-state index is 12.0. The van der Waals surface area contributed by atoms with E-state index in [0.717, 1.165) is 36.5 Å². The number of ketones is 1. The Kier molecular flexibility index (Phi) is 4.28. The van der Waals surface area contributed by atoms with Crippen LogP contribution in [0.2, 0.25) is 0 Å². The highest BCUT2D eigenvalue weighted by molar-refractivity contribution is 5.91. The highest BCUT2D eigenvalue weighted by Gasteiger charge is 2.58. The molecule has 25 heavy (non-hydrogen) atoms. The lowest BCUT2D eigenvalue weighted by Crippen LogP contribution is -2.50. The van der Waals surface area contributed by atoms with Gasteiger partial charge in [0.15, 0.2) is 5.78 Å². The SMILES string of the molecule is CCC=C(C)[C@H]1CCC2C3CCC4=CC(=O)CC[C@]4(C)C3CC[C@@]21C. The number of hydrogen-bond acceptors (Lipinski definition) is 1. The van der Waals surface area contributed by atoms with Crippen LogP contribution in [0.5, 0.6) is 0 Å². The first-order valence-electron chi connectivity index (χ1n) is 10.8. The first kappa shape index (κ1) is 17.6. The second-order valence-electron chi connectivity index (χ2n) is 10.00. The van der Waals surface area contributed by atoms with Crippen molar-refractivity contribution in [3.63, 3.8) is 0 Å². The van der Waals surface area contributed by atoms with E-state index in [-0.39, 0.29) is 0 Å². The van der Waals surface area contributed by atoms with Gasteiger partial charge in [0, 0.05) is 6.42 Å². The smallest absolute Gasteiger partial charge is 0.155 e. The van der Waals surface area contributed by atoms with Crippen LogP contribution in [0, 0.1) is 34.5 Å². The molecular weight excluding hydrogens is 304 g/mol. The van der Waals surface area contributed by atoms with Gasteiger partial charge in [-0.15, -0.1) is 0 Å². The molecule has 4 aliphatic carbocycles. The molecule has 0 N–H and O–H groups in total. The van der Waals surface area contributed by atoms with Crippen LogP contribution in [0.25, 0.3) is 0 Å². The number of carbonyl (C=O) groups is 1. The quantitative estimate of drug-likeness (QED) is 0.525. The Hall–Kier alpha value is -0.850. The van der Waals surface area contributed by atoms with Crippen LogP contribution in [0.15, 0.2) is 23.3 Å². The molecule has 3 fully saturated rings. The van der Waals surface area contributed by atoms with Crippen molar-refractivity contribution in [2.24, 2.45) is 34.5 Å². The third kappa shape index (κ3) is 2.52. The van der Waals surface area contributed by atoms with Gasteiger partial charge in [0.1, 0.15) is 0 Å². The van der Waals surface area contributed by atoms with Crippen LogP contribution in [0.1, 0.15) is 85.5 Å². The summed E-state index contributed by atoms with van der Waals surface area (Å²) in [6, 6.07) is 0. The lowest BCUT2D eigenvalue weighted by molar-refractivity contribution is -0.117. The minimum atomic E-state index is 0.324. The Morgan fingerprint density at radius 1 is 1.12 bits per heavy atom. The first-order valence-corrected chi connectivity index (χ1v) is 10.8. The minimum Gasteiger partial charge on any atom is -0.295 e. The third-order valence-corrected chi connectivity index (χ3v) is 9.04. The zero-order valence-corrected chi connectivity index (χ0v) is 16.7. The largest absolute Gasteiger partial charge is 0.295 e. The van der Waals surface area contributed by atoms with Crippen molar-refractivity contribution in [2.45, 2.75) is 85.5 Å². The Morgan fingerprint density at radius 3 is 2.68 bits per heavy atom. The van der Waals surface area contributed by atoms with Crippen LogP contribution in [0.4, 0.5) is 0 Å². The second-order valence-corrected chi connectivity index (χ2v) is 10.00. The standard InChI is InChI=1S/C24H36O/c1-5-6-16(2)20-9-10-21-19-8-7-17-15-18(25)11-13-23(17,3)22(19)12-14-24(20,21)4/h6,15,19-22H,5,7-14H2,1-4H3/t19?,20-,21?,22?,23+,24-/m1/s1. The van der Waals surface area contributed by atoms with E-state index in [1.165, 1.54) is 50.5 Å². The highest BCUT2D eigenvalue weighted by atomic mass is 16.1. The van der Waals surface area contributed by atoms with Crippen molar-refractivity contribution in [2.75, 3.05) is 0 Å². The second kappa shape index (κ2) is 6.10. The number of carbonyl (C=O) groups excluding carboxylic acids is 1. The molecule has 0 radical (unpaired) electrons. The van der Waals surface area contributed by atoms with E-state index in [1.54, 1.807) is 5.57 Å². The normalized spacial score (nSPS) is 47.0. The number of rotatable bonds is 2. The molecule has 4 rings (SSSR count). The topological polar surface area (TPSA) is 17.1 Å². The molecule has 138 valence electrons. The molecule has 1 heteroatoms. The predicted molar refractivity (Wildman–Crippen MR) is 104 cm³/mol. The van der Waals surface area contributed by atoms with Gasteiger partial charge in [-0.05, 0) is 98.9 Å². The summed E-state index contributed by atoms with van der Waals surface area (Å²) >= 11 is 0. The zero-order valence-electron chi connectivity index (χ0n) is 16.7. The van der Waals surface area contributed by atoms with Gasteiger partial charge in [0.25, 0.3) is 0 Å². The van der Waals surface area contributed by atoms with Crippen molar-refractivity contribution in [3.05, 3.63) is 23.3 Å². The van der Waals surface area contributed by atoms with Crippen molar-refractivity contribution < 1.29 is 4.79 Å². The Balaban J connectivity index is 1.64. The molecule has 0 aliphatic heterocycles. The molecule has 0 amide bonds. The fourth-order valence-corrected chi connectivity index (χ4v) is 7.77. The summed E-state index contributed by atoms with van der Waals surface area (Å²) in [5.41, 5.74) is 4.02. The van der Waals surface area contributed by atoms with Gasteiger partial charge < -0.3 is 0 Å². The monoisotopic (exact) mass is 340 g/mol. The van der Waals surface area contributed by atoms with Gasteiger partial charge in [-0.3, -0.25) is 4.79 Å². The van der Waals surface area contributed by atoms with Crippen molar-refractivity contribution in [1.29, 1.82) is 0 Å². The number of hydrogen-bond donors (Lipinski definition) is 0. The Bertz CT molecular complexity index is 626. The fourth-order valence-electron chi connectivity index (χ4n) is 7.77. The molecule has 0 saturated heterocycles. The first-order chi connectivity index (χ1) is 11.9. The molecule has 4 aliphatic rings. The van der Waals surface area contributed by atoms with Gasteiger partial charge in [-0.2, -0.15) is 0 Å². The van der Waals surface area contributed by atoms with E-state index < -0.39 is 0 Å². The van der Waals surface area contributed by atoms with Crippen LogP contribution < -0.4 is 0 Å². The van der Waals surface area contributed by atoms with E-state index in [9.17, 15) is 4.79 Å². The summed E-state index contributed by atoms with van der Waals surface area (Å²) < 4.78 is 0.